The van der Waals surface area contributed by atoms with Crippen LogP contribution in [-0.2, 0) is 0 Å². The van der Waals surface area contributed by atoms with Gasteiger partial charge in [-0.1, -0.05) is 42.2 Å². The van der Waals surface area contributed by atoms with E-state index >= 15 is 0 Å². The first-order valence-corrected chi connectivity index (χ1v) is 6.62. The van der Waals surface area contributed by atoms with Crippen molar-refractivity contribution in [3.8, 4) is 17.6 Å². The first-order chi connectivity index (χ1) is 9.66. The highest BCUT2D eigenvalue weighted by atomic mass is 16.5. The fourth-order valence-corrected chi connectivity index (χ4v) is 1.89. The molecule has 0 fully saturated rings. The molecule has 2 heteroatoms. The molecule has 1 atom stereocenters. The molecule has 2 nitrogen and oxygen atoms in total. The van der Waals surface area contributed by atoms with Gasteiger partial charge in [0.2, 0.25) is 0 Å². The van der Waals surface area contributed by atoms with Crippen molar-refractivity contribution in [3.63, 3.8) is 0 Å². The molecule has 0 saturated carbocycles. The van der Waals surface area contributed by atoms with Crippen LogP contribution >= 0.6 is 0 Å². The minimum absolute atomic E-state index is 0.304. The Hall–Kier alpha value is -2.24. The maximum atomic E-state index is 9.71. The smallest absolute Gasteiger partial charge is 0.149 e. The maximum Gasteiger partial charge on any atom is 0.149 e. The highest BCUT2D eigenvalue weighted by Gasteiger charge is 2.08. The number of ether oxygens (including phenoxy) is 1. The molecule has 0 spiro atoms. The van der Waals surface area contributed by atoms with Gasteiger partial charge in [0.15, 0.2) is 0 Å². The molecule has 102 valence electrons. The third kappa shape index (κ3) is 3.88. The first-order valence-electron chi connectivity index (χ1n) is 6.62. The average Bonchev–Trinajstić information content (AvgIpc) is 2.44. The van der Waals surface area contributed by atoms with E-state index in [4.69, 9.17) is 4.74 Å². The SMILES string of the molecule is Cc1ccc(C(C)O)c(OCC#Cc2ccccc2)c1. The molecule has 2 aromatic rings. The molecular formula is C18H18O2. The Kier molecular flexibility index (Phi) is 4.81. The van der Waals surface area contributed by atoms with E-state index in [2.05, 4.69) is 11.8 Å². The Morgan fingerprint density at radius 3 is 2.60 bits per heavy atom. The highest BCUT2D eigenvalue weighted by molar-refractivity contribution is 5.39. The van der Waals surface area contributed by atoms with Gasteiger partial charge in [0.05, 0.1) is 6.10 Å². The van der Waals surface area contributed by atoms with Crippen molar-refractivity contribution >= 4 is 0 Å². The predicted octanol–water partition coefficient (Wildman–Crippen LogP) is 3.48. The summed E-state index contributed by atoms with van der Waals surface area (Å²) in [6.07, 6.45) is -0.548. The Labute approximate surface area is 120 Å². The molecule has 0 saturated heterocycles. The molecule has 0 aliphatic heterocycles. The van der Waals surface area contributed by atoms with Gasteiger partial charge in [-0.15, -0.1) is 0 Å². The van der Waals surface area contributed by atoms with Crippen molar-refractivity contribution in [2.24, 2.45) is 0 Å². The first kappa shape index (κ1) is 14.2. The van der Waals surface area contributed by atoms with Gasteiger partial charge in [-0.2, -0.15) is 0 Å². The summed E-state index contributed by atoms with van der Waals surface area (Å²) in [7, 11) is 0. The van der Waals surface area contributed by atoms with Gasteiger partial charge >= 0.3 is 0 Å². The van der Waals surface area contributed by atoms with Crippen molar-refractivity contribution < 1.29 is 9.84 Å². The van der Waals surface area contributed by atoms with Crippen molar-refractivity contribution in [1.29, 1.82) is 0 Å². The van der Waals surface area contributed by atoms with Gasteiger partial charge in [0.1, 0.15) is 12.4 Å². The van der Waals surface area contributed by atoms with E-state index in [1.807, 2.05) is 55.5 Å². The second-order valence-corrected chi connectivity index (χ2v) is 4.67. The molecular weight excluding hydrogens is 248 g/mol. The third-order valence-electron chi connectivity index (χ3n) is 2.93. The molecule has 2 rings (SSSR count). The lowest BCUT2D eigenvalue weighted by atomic mass is 10.1. The van der Waals surface area contributed by atoms with Crippen molar-refractivity contribution in [2.45, 2.75) is 20.0 Å². The lowest BCUT2D eigenvalue weighted by Crippen LogP contribution is -2.01. The number of aryl methyl sites for hydroxylation is 1. The maximum absolute atomic E-state index is 9.71. The monoisotopic (exact) mass is 266 g/mol. The molecule has 0 aliphatic rings. The number of aliphatic hydroxyl groups is 1. The van der Waals surface area contributed by atoms with Gasteiger partial charge in [-0.25, -0.2) is 0 Å². The standard InChI is InChI=1S/C18H18O2/c1-14-10-11-17(15(2)19)18(13-14)20-12-6-9-16-7-4-3-5-8-16/h3-5,7-8,10-11,13,15,19H,12H2,1-2H3. The second-order valence-electron chi connectivity index (χ2n) is 4.67. The third-order valence-corrected chi connectivity index (χ3v) is 2.93. The number of rotatable bonds is 3. The Bertz CT molecular complexity index is 619. The predicted molar refractivity (Wildman–Crippen MR) is 80.6 cm³/mol. The van der Waals surface area contributed by atoms with E-state index in [0.29, 0.717) is 12.4 Å². The summed E-state index contributed by atoms with van der Waals surface area (Å²) in [5, 5.41) is 9.71. The van der Waals surface area contributed by atoms with Crippen LogP contribution in [0.5, 0.6) is 5.75 Å². The molecule has 0 heterocycles. The zero-order valence-electron chi connectivity index (χ0n) is 11.8. The topological polar surface area (TPSA) is 29.5 Å². The fourth-order valence-electron chi connectivity index (χ4n) is 1.89. The lowest BCUT2D eigenvalue weighted by Gasteiger charge is -2.12. The molecule has 1 unspecified atom stereocenters. The van der Waals surface area contributed by atoms with E-state index in [1.165, 1.54) is 0 Å². The number of hydrogen-bond acceptors (Lipinski definition) is 2. The molecule has 0 aliphatic carbocycles. The molecule has 0 radical (unpaired) electrons. The molecule has 0 aromatic heterocycles. The van der Waals surface area contributed by atoms with E-state index in [1.54, 1.807) is 6.92 Å². The zero-order valence-corrected chi connectivity index (χ0v) is 11.8. The molecule has 0 amide bonds. The van der Waals surface area contributed by atoms with Crippen molar-refractivity contribution in [3.05, 3.63) is 65.2 Å². The van der Waals surface area contributed by atoms with E-state index < -0.39 is 6.10 Å². The molecule has 20 heavy (non-hydrogen) atoms. The zero-order chi connectivity index (χ0) is 14.4. The lowest BCUT2D eigenvalue weighted by molar-refractivity contribution is 0.193. The van der Waals surface area contributed by atoms with Crippen molar-refractivity contribution in [2.75, 3.05) is 6.61 Å². The van der Waals surface area contributed by atoms with Gasteiger partial charge in [0, 0.05) is 11.1 Å². The Morgan fingerprint density at radius 1 is 1.15 bits per heavy atom. The van der Waals surface area contributed by atoms with E-state index in [9.17, 15) is 5.11 Å². The minimum atomic E-state index is -0.548. The van der Waals surface area contributed by atoms with Gasteiger partial charge < -0.3 is 9.84 Å². The van der Waals surface area contributed by atoms with Crippen LogP contribution in [-0.4, -0.2) is 11.7 Å². The van der Waals surface area contributed by atoms with Crippen LogP contribution in [0.4, 0.5) is 0 Å². The molecule has 1 N–H and O–H groups in total. The quantitative estimate of drug-likeness (QED) is 0.862. The van der Waals surface area contributed by atoms with Crippen LogP contribution in [0.3, 0.4) is 0 Å². The molecule has 0 bridgehead atoms. The Balaban J connectivity index is 2.05. The van der Waals surface area contributed by atoms with Gasteiger partial charge in [-0.05, 0) is 37.6 Å². The number of hydrogen-bond donors (Lipinski definition) is 1. The summed E-state index contributed by atoms with van der Waals surface area (Å²) in [5.74, 6) is 6.72. The Morgan fingerprint density at radius 2 is 1.90 bits per heavy atom. The summed E-state index contributed by atoms with van der Waals surface area (Å²) in [4.78, 5) is 0. The fraction of sp³-hybridized carbons (Fsp3) is 0.222. The normalized spacial score (nSPS) is 11.3. The summed E-state index contributed by atoms with van der Waals surface area (Å²) in [5.41, 5.74) is 2.86. The average molecular weight is 266 g/mol. The summed E-state index contributed by atoms with van der Waals surface area (Å²) in [6, 6.07) is 15.6. The second kappa shape index (κ2) is 6.79. The number of aliphatic hydroxyl groups excluding tert-OH is 1. The largest absolute Gasteiger partial charge is 0.481 e. The van der Waals surface area contributed by atoms with Crippen LogP contribution in [0.15, 0.2) is 48.5 Å². The van der Waals surface area contributed by atoms with Crippen LogP contribution in [0.2, 0.25) is 0 Å². The molecule has 2 aromatic carbocycles. The van der Waals surface area contributed by atoms with Crippen LogP contribution < -0.4 is 4.74 Å². The van der Waals surface area contributed by atoms with Crippen LogP contribution in [0.1, 0.15) is 29.7 Å². The summed E-state index contributed by atoms with van der Waals surface area (Å²) in [6.45, 7) is 4.03. The van der Waals surface area contributed by atoms with Crippen molar-refractivity contribution in [1.82, 2.24) is 0 Å². The highest BCUT2D eigenvalue weighted by Crippen LogP contribution is 2.26. The summed E-state index contributed by atoms with van der Waals surface area (Å²) >= 11 is 0. The van der Waals surface area contributed by atoms with Crippen LogP contribution in [0, 0.1) is 18.8 Å². The minimum Gasteiger partial charge on any atom is -0.481 e. The van der Waals surface area contributed by atoms with Crippen LogP contribution in [0.25, 0.3) is 0 Å². The van der Waals surface area contributed by atoms with Gasteiger partial charge in [-0.3, -0.25) is 0 Å². The number of benzene rings is 2. The summed E-state index contributed by atoms with van der Waals surface area (Å²) < 4.78 is 5.67. The van der Waals surface area contributed by atoms with Gasteiger partial charge in [0.25, 0.3) is 0 Å². The van der Waals surface area contributed by atoms with E-state index in [0.717, 1.165) is 16.7 Å². The van der Waals surface area contributed by atoms with E-state index in [-0.39, 0.29) is 0 Å².